The van der Waals surface area contributed by atoms with Crippen LogP contribution >= 0.6 is 0 Å². The molecule has 76 valence electrons. The molecule has 2 heteroatoms. The lowest BCUT2D eigenvalue weighted by molar-refractivity contribution is 0.598. The number of nitrogens with one attached hydrogen (secondary N) is 1. The summed E-state index contributed by atoms with van der Waals surface area (Å²) < 4.78 is 13.3. The van der Waals surface area contributed by atoms with Gasteiger partial charge in [-0.15, -0.1) is 6.42 Å². The fourth-order valence-corrected chi connectivity index (χ4v) is 1.02. The van der Waals surface area contributed by atoms with Crippen LogP contribution < -0.4 is 5.32 Å². The summed E-state index contributed by atoms with van der Waals surface area (Å²) in [7, 11) is 1.77. The summed E-state index contributed by atoms with van der Waals surface area (Å²) in [5, 5.41) is 2.87. The van der Waals surface area contributed by atoms with E-state index >= 15 is 0 Å². The first-order valence-corrected chi connectivity index (χ1v) is 4.68. The average molecular weight is 193 g/mol. The second-order valence-electron chi connectivity index (χ2n) is 2.45. The van der Waals surface area contributed by atoms with Crippen LogP contribution in [0.3, 0.4) is 0 Å². The minimum Gasteiger partial charge on any atom is -0.316 e. The van der Waals surface area contributed by atoms with Crippen molar-refractivity contribution >= 4 is 0 Å². The van der Waals surface area contributed by atoms with Crippen LogP contribution in [0.2, 0.25) is 0 Å². The van der Waals surface area contributed by atoms with Crippen LogP contribution in [0.15, 0.2) is 18.2 Å². The van der Waals surface area contributed by atoms with Gasteiger partial charge in [0.25, 0.3) is 0 Å². The molecule has 1 nitrogen and oxygen atoms in total. The fourth-order valence-electron chi connectivity index (χ4n) is 1.02. The molecule has 0 bridgehead atoms. The minimum absolute atomic E-state index is 0.297. The predicted octanol–water partition coefficient (Wildman–Crippen LogP) is 2.55. The molecule has 1 aromatic carbocycles. The monoisotopic (exact) mass is 193 g/mol. The van der Waals surface area contributed by atoms with Crippen LogP contribution in [0.1, 0.15) is 25.0 Å². The molecule has 0 spiro atoms. The molecule has 0 aromatic heterocycles. The summed E-state index contributed by atoms with van der Waals surface area (Å²) in [5.74, 6) is 1.99. The van der Waals surface area contributed by atoms with Crippen LogP contribution in [0, 0.1) is 18.2 Å². The molecule has 1 aromatic rings. The van der Waals surface area contributed by atoms with Crippen LogP contribution in [-0.2, 0) is 6.54 Å². The normalized spacial score (nSPS) is 8.50. The number of halogens is 1. The van der Waals surface area contributed by atoms with Crippen molar-refractivity contribution in [2.45, 2.75) is 20.4 Å². The van der Waals surface area contributed by atoms with E-state index in [4.69, 9.17) is 6.42 Å². The summed E-state index contributed by atoms with van der Waals surface area (Å²) in [4.78, 5) is 0. The van der Waals surface area contributed by atoms with Crippen molar-refractivity contribution in [2.75, 3.05) is 7.05 Å². The van der Waals surface area contributed by atoms with Gasteiger partial charge in [0.15, 0.2) is 0 Å². The van der Waals surface area contributed by atoms with Gasteiger partial charge in [0, 0.05) is 12.1 Å². The highest BCUT2D eigenvalue weighted by atomic mass is 19.1. The zero-order valence-electron chi connectivity index (χ0n) is 8.89. The van der Waals surface area contributed by atoms with Crippen molar-refractivity contribution < 1.29 is 4.39 Å². The first kappa shape index (κ1) is 12.7. The summed E-state index contributed by atoms with van der Waals surface area (Å²) >= 11 is 0. The van der Waals surface area contributed by atoms with Gasteiger partial charge in [-0.1, -0.05) is 31.9 Å². The zero-order chi connectivity index (χ0) is 11.0. The topological polar surface area (TPSA) is 12.0 Å². The zero-order valence-corrected chi connectivity index (χ0v) is 8.89. The van der Waals surface area contributed by atoms with Crippen molar-refractivity contribution in [3.05, 3.63) is 35.1 Å². The highest BCUT2D eigenvalue weighted by Crippen LogP contribution is 2.11. The Kier molecular flexibility index (Phi) is 6.43. The van der Waals surface area contributed by atoms with Crippen LogP contribution in [0.4, 0.5) is 4.39 Å². The molecule has 0 unspecified atom stereocenters. The van der Waals surface area contributed by atoms with E-state index in [1.807, 2.05) is 13.8 Å². The predicted molar refractivity (Wildman–Crippen MR) is 58.4 cm³/mol. The molecular weight excluding hydrogens is 177 g/mol. The van der Waals surface area contributed by atoms with Gasteiger partial charge in [0.05, 0.1) is 5.56 Å². The second kappa shape index (κ2) is 7.11. The third kappa shape index (κ3) is 3.20. The molecule has 1 rings (SSSR count). The van der Waals surface area contributed by atoms with Gasteiger partial charge in [-0.3, -0.25) is 0 Å². The van der Waals surface area contributed by atoms with Gasteiger partial charge in [0.2, 0.25) is 0 Å². The maximum Gasteiger partial charge on any atom is 0.143 e. The standard InChI is InChI=1S/C10H10FN.C2H6/c1-3-8-5-4-6-9(7-12-2)10(8)11;1-2/h1,4-6,12H,7H2,2H3;1-2H3. The molecule has 14 heavy (non-hydrogen) atoms. The van der Waals surface area contributed by atoms with E-state index in [9.17, 15) is 4.39 Å². The Bertz CT molecular complexity index is 313. The molecular formula is C12H16FN. The first-order chi connectivity index (χ1) is 6.79. The van der Waals surface area contributed by atoms with Crippen LogP contribution in [-0.4, -0.2) is 7.05 Å². The number of hydrogen-bond donors (Lipinski definition) is 1. The Morgan fingerprint density at radius 3 is 2.57 bits per heavy atom. The molecule has 0 radical (unpaired) electrons. The van der Waals surface area contributed by atoms with Crippen molar-refractivity contribution in [2.24, 2.45) is 0 Å². The third-order valence-corrected chi connectivity index (χ3v) is 1.60. The van der Waals surface area contributed by atoms with E-state index in [0.29, 0.717) is 17.7 Å². The Labute approximate surface area is 85.3 Å². The molecule has 0 saturated carbocycles. The smallest absolute Gasteiger partial charge is 0.143 e. The fraction of sp³-hybridized carbons (Fsp3) is 0.333. The molecule has 0 aliphatic carbocycles. The maximum absolute atomic E-state index is 13.3. The van der Waals surface area contributed by atoms with Gasteiger partial charge in [0.1, 0.15) is 5.82 Å². The Morgan fingerprint density at radius 2 is 2.07 bits per heavy atom. The maximum atomic E-state index is 13.3. The lowest BCUT2D eigenvalue weighted by atomic mass is 10.1. The largest absolute Gasteiger partial charge is 0.316 e. The van der Waals surface area contributed by atoms with Crippen molar-refractivity contribution in [3.8, 4) is 12.3 Å². The molecule has 0 aliphatic rings. The van der Waals surface area contributed by atoms with E-state index in [1.54, 1.807) is 25.2 Å². The molecule has 0 heterocycles. The first-order valence-electron chi connectivity index (χ1n) is 4.68. The number of benzene rings is 1. The Hall–Kier alpha value is -1.33. The SMILES string of the molecule is C#Cc1cccc(CNC)c1F.CC. The Morgan fingerprint density at radius 1 is 1.43 bits per heavy atom. The summed E-state index contributed by atoms with van der Waals surface area (Å²) in [6.07, 6.45) is 5.11. The average Bonchev–Trinajstić information content (AvgIpc) is 2.24. The van der Waals surface area contributed by atoms with Crippen LogP contribution in [0.5, 0.6) is 0 Å². The van der Waals surface area contributed by atoms with Gasteiger partial charge in [-0.2, -0.15) is 0 Å². The molecule has 0 amide bonds. The molecule has 0 aliphatic heterocycles. The summed E-state index contributed by atoms with van der Waals surface area (Å²) in [6.45, 7) is 4.50. The van der Waals surface area contributed by atoms with Crippen molar-refractivity contribution in [3.63, 3.8) is 0 Å². The molecule has 0 fully saturated rings. The minimum atomic E-state index is -0.297. The van der Waals surface area contributed by atoms with Crippen molar-refractivity contribution in [1.29, 1.82) is 0 Å². The number of rotatable bonds is 2. The van der Waals surface area contributed by atoms with Gasteiger partial charge in [-0.25, -0.2) is 4.39 Å². The van der Waals surface area contributed by atoms with E-state index in [1.165, 1.54) is 0 Å². The highest BCUT2D eigenvalue weighted by Gasteiger charge is 2.03. The molecule has 0 atom stereocenters. The third-order valence-electron chi connectivity index (χ3n) is 1.60. The Balaban J connectivity index is 0.000000791. The van der Waals surface area contributed by atoms with E-state index < -0.39 is 0 Å². The van der Waals surface area contributed by atoms with Crippen molar-refractivity contribution in [1.82, 2.24) is 5.32 Å². The van der Waals surface area contributed by atoms with Crippen LogP contribution in [0.25, 0.3) is 0 Å². The quantitative estimate of drug-likeness (QED) is 0.712. The molecule has 0 saturated heterocycles. The van der Waals surface area contributed by atoms with E-state index in [-0.39, 0.29) is 5.82 Å². The lowest BCUT2D eigenvalue weighted by Crippen LogP contribution is -2.07. The van der Waals surface area contributed by atoms with E-state index in [0.717, 1.165) is 0 Å². The number of terminal acetylenes is 1. The summed E-state index contributed by atoms with van der Waals surface area (Å²) in [6, 6.07) is 5.06. The lowest BCUT2D eigenvalue weighted by Gasteiger charge is -2.02. The van der Waals surface area contributed by atoms with Gasteiger partial charge >= 0.3 is 0 Å². The number of hydrogen-bond acceptors (Lipinski definition) is 1. The second-order valence-corrected chi connectivity index (χ2v) is 2.45. The van der Waals surface area contributed by atoms with E-state index in [2.05, 4.69) is 11.2 Å². The highest BCUT2D eigenvalue weighted by molar-refractivity contribution is 5.37. The van der Waals surface area contributed by atoms with Gasteiger partial charge in [-0.05, 0) is 13.1 Å². The summed E-state index contributed by atoms with van der Waals surface area (Å²) in [5.41, 5.74) is 0.927. The molecule has 1 N–H and O–H groups in total. The van der Waals surface area contributed by atoms with Gasteiger partial charge < -0.3 is 5.32 Å².